The predicted molar refractivity (Wildman–Crippen MR) is 121 cm³/mol. The summed E-state index contributed by atoms with van der Waals surface area (Å²) >= 11 is 12.3. The lowest BCUT2D eigenvalue weighted by molar-refractivity contribution is -0.131. The smallest absolute Gasteiger partial charge is 0.342 e. The average molecular weight is 457 g/mol. The number of benzene rings is 2. The van der Waals surface area contributed by atoms with E-state index in [0.717, 1.165) is 42.5 Å². The van der Waals surface area contributed by atoms with Gasteiger partial charge in [0.25, 0.3) is 0 Å². The first-order valence-corrected chi connectivity index (χ1v) is 11.2. The van der Waals surface area contributed by atoms with E-state index in [0.29, 0.717) is 29.0 Å². The first-order chi connectivity index (χ1) is 15.0. The molecule has 0 radical (unpaired) electrons. The molecule has 1 aromatic heterocycles. The molecule has 2 aliphatic rings. The number of rotatable bonds is 5. The number of carbonyl (C=O) groups is 1. The number of nitrogens with one attached hydrogen (secondary N) is 1. The fourth-order valence-corrected chi connectivity index (χ4v) is 4.78. The molecule has 1 saturated carbocycles. The van der Waals surface area contributed by atoms with Crippen molar-refractivity contribution in [1.82, 2.24) is 19.7 Å². The molecule has 5 rings (SSSR count). The van der Waals surface area contributed by atoms with Crippen molar-refractivity contribution in [3.05, 3.63) is 63.0 Å². The zero-order valence-electron chi connectivity index (χ0n) is 16.9. The fourth-order valence-electron chi connectivity index (χ4n) is 4.26. The second-order valence-corrected chi connectivity index (χ2v) is 9.22. The molecule has 160 valence electrons. The van der Waals surface area contributed by atoms with Crippen molar-refractivity contribution in [2.45, 2.75) is 25.8 Å². The van der Waals surface area contributed by atoms with Gasteiger partial charge in [-0.1, -0.05) is 53.5 Å². The molecular formula is C23H22Cl2N4O2. The first-order valence-electron chi connectivity index (χ1n) is 10.5. The molecular weight excluding hydrogens is 435 g/mol. The van der Waals surface area contributed by atoms with Crippen LogP contribution in [0.25, 0.3) is 22.5 Å². The molecule has 6 nitrogen and oxygen atoms in total. The summed E-state index contributed by atoms with van der Waals surface area (Å²) in [6, 6.07) is 13.2. The van der Waals surface area contributed by atoms with Crippen LogP contribution in [0, 0.1) is 11.8 Å². The van der Waals surface area contributed by atoms with Gasteiger partial charge in [0.05, 0.1) is 0 Å². The van der Waals surface area contributed by atoms with E-state index < -0.39 is 0 Å². The minimum Gasteiger partial charge on any atom is -0.342 e. The Labute approximate surface area is 189 Å². The van der Waals surface area contributed by atoms with Crippen LogP contribution >= 0.6 is 23.2 Å². The molecule has 1 saturated heterocycles. The van der Waals surface area contributed by atoms with Crippen molar-refractivity contribution >= 4 is 29.1 Å². The summed E-state index contributed by atoms with van der Waals surface area (Å²) in [5.74, 6) is 1.37. The molecule has 1 aliphatic heterocycles. The maximum Gasteiger partial charge on any atom is 0.343 e. The van der Waals surface area contributed by atoms with Gasteiger partial charge in [0, 0.05) is 46.7 Å². The SMILES string of the molecule is O=C(C1CC1)N1CCC(Cn2c(-c3ccc(-c4ccc(Cl)cc4Cl)cc3)n[nH]c2=O)C1. The van der Waals surface area contributed by atoms with E-state index in [1.54, 1.807) is 16.7 Å². The third kappa shape index (κ3) is 4.14. The van der Waals surface area contributed by atoms with Gasteiger partial charge in [0.2, 0.25) is 5.91 Å². The van der Waals surface area contributed by atoms with E-state index in [9.17, 15) is 9.59 Å². The highest BCUT2D eigenvalue weighted by Crippen LogP contribution is 2.34. The number of carbonyl (C=O) groups excluding carboxylic acids is 1. The Balaban J connectivity index is 1.35. The number of aromatic nitrogens is 3. The lowest BCUT2D eigenvalue weighted by atomic mass is 10.0. The molecule has 8 heteroatoms. The van der Waals surface area contributed by atoms with Crippen molar-refractivity contribution in [1.29, 1.82) is 0 Å². The Kier molecular flexibility index (Phi) is 5.36. The Morgan fingerprint density at radius 1 is 1.06 bits per heavy atom. The Morgan fingerprint density at radius 3 is 2.52 bits per heavy atom. The van der Waals surface area contributed by atoms with Crippen LogP contribution in [-0.2, 0) is 11.3 Å². The summed E-state index contributed by atoms with van der Waals surface area (Å²) < 4.78 is 1.68. The van der Waals surface area contributed by atoms with Crippen LogP contribution in [0.1, 0.15) is 19.3 Å². The van der Waals surface area contributed by atoms with Crippen LogP contribution < -0.4 is 5.69 Å². The summed E-state index contributed by atoms with van der Waals surface area (Å²) in [5, 5.41) is 8.01. The summed E-state index contributed by atoms with van der Waals surface area (Å²) in [6.07, 6.45) is 2.94. The minimum atomic E-state index is -0.230. The number of amides is 1. The molecule has 1 unspecified atom stereocenters. The normalized spacial score (nSPS) is 18.5. The molecule has 2 aromatic carbocycles. The van der Waals surface area contributed by atoms with Crippen LogP contribution in [0.3, 0.4) is 0 Å². The quantitative estimate of drug-likeness (QED) is 0.615. The predicted octanol–water partition coefficient (Wildman–Crippen LogP) is 4.47. The van der Waals surface area contributed by atoms with Crippen LogP contribution in [0.2, 0.25) is 10.0 Å². The van der Waals surface area contributed by atoms with Gasteiger partial charge >= 0.3 is 5.69 Å². The number of hydrogen-bond donors (Lipinski definition) is 1. The van der Waals surface area contributed by atoms with Gasteiger partial charge in [-0.2, -0.15) is 5.10 Å². The number of hydrogen-bond acceptors (Lipinski definition) is 3. The highest BCUT2D eigenvalue weighted by molar-refractivity contribution is 6.36. The Bertz CT molecular complexity index is 1180. The van der Waals surface area contributed by atoms with E-state index in [4.69, 9.17) is 23.2 Å². The Hall–Kier alpha value is -2.57. The monoisotopic (exact) mass is 456 g/mol. The molecule has 31 heavy (non-hydrogen) atoms. The van der Waals surface area contributed by atoms with Gasteiger partial charge in [-0.25, -0.2) is 9.89 Å². The number of nitrogens with zero attached hydrogens (tertiary/aromatic N) is 3. The largest absolute Gasteiger partial charge is 0.343 e. The first kappa shape index (κ1) is 20.3. The second kappa shape index (κ2) is 8.17. The van der Waals surface area contributed by atoms with E-state index in [1.807, 2.05) is 35.2 Å². The zero-order valence-corrected chi connectivity index (χ0v) is 18.4. The van der Waals surface area contributed by atoms with Gasteiger partial charge < -0.3 is 4.90 Å². The molecule has 1 aliphatic carbocycles. The summed E-state index contributed by atoms with van der Waals surface area (Å²) in [4.78, 5) is 26.7. The number of H-pyrrole nitrogens is 1. The molecule has 3 aromatic rings. The third-order valence-corrected chi connectivity index (χ3v) is 6.66. The van der Waals surface area contributed by atoms with Crippen molar-refractivity contribution in [3.63, 3.8) is 0 Å². The van der Waals surface area contributed by atoms with Crippen LogP contribution in [0.15, 0.2) is 47.3 Å². The van der Waals surface area contributed by atoms with Crippen molar-refractivity contribution in [3.8, 4) is 22.5 Å². The standard InChI is InChI=1S/C23H22Cl2N4O2/c24-18-7-8-19(20(25)11-18)15-1-3-16(4-2-15)21-26-27-23(31)29(21)13-14-9-10-28(12-14)22(30)17-5-6-17/h1-4,7-8,11,14,17H,5-6,9-10,12-13H2,(H,27,31). The molecule has 1 atom stereocenters. The fraction of sp³-hybridized carbons (Fsp3) is 0.348. The number of halogens is 2. The molecule has 0 bridgehead atoms. The third-order valence-electron chi connectivity index (χ3n) is 6.11. The number of likely N-dealkylation sites (tertiary alicyclic amines) is 1. The van der Waals surface area contributed by atoms with Gasteiger partial charge in [0.1, 0.15) is 0 Å². The lowest BCUT2D eigenvalue weighted by Gasteiger charge is -2.16. The second-order valence-electron chi connectivity index (χ2n) is 8.38. The maximum absolute atomic E-state index is 12.4. The molecule has 1 amide bonds. The zero-order chi connectivity index (χ0) is 21.5. The maximum atomic E-state index is 12.4. The molecule has 2 fully saturated rings. The Morgan fingerprint density at radius 2 is 1.81 bits per heavy atom. The van der Waals surface area contributed by atoms with Gasteiger partial charge in [-0.3, -0.25) is 9.36 Å². The van der Waals surface area contributed by atoms with E-state index in [-0.39, 0.29) is 23.4 Å². The van der Waals surface area contributed by atoms with E-state index in [2.05, 4.69) is 10.2 Å². The van der Waals surface area contributed by atoms with Crippen molar-refractivity contribution < 1.29 is 4.79 Å². The van der Waals surface area contributed by atoms with Crippen LogP contribution in [-0.4, -0.2) is 38.7 Å². The minimum absolute atomic E-state index is 0.230. The van der Waals surface area contributed by atoms with Gasteiger partial charge in [0.15, 0.2) is 5.82 Å². The highest BCUT2D eigenvalue weighted by atomic mass is 35.5. The summed E-state index contributed by atoms with van der Waals surface area (Å²) in [5.41, 5.74) is 2.46. The van der Waals surface area contributed by atoms with Gasteiger partial charge in [-0.15, -0.1) is 0 Å². The van der Waals surface area contributed by atoms with Gasteiger partial charge in [-0.05, 0) is 42.9 Å². The summed E-state index contributed by atoms with van der Waals surface area (Å²) in [6.45, 7) is 2.03. The summed E-state index contributed by atoms with van der Waals surface area (Å²) in [7, 11) is 0. The van der Waals surface area contributed by atoms with E-state index >= 15 is 0 Å². The van der Waals surface area contributed by atoms with Crippen molar-refractivity contribution in [2.75, 3.05) is 13.1 Å². The lowest BCUT2D eigenvalue weighted by Crippen LogP contribution is -2.31. The van der Waals surface area contributed by atoms with Crippen LogP contribution in [0.5, 0.6) is 0 Å². The molecule has 0 spiro atoms. The topological polar surface area (TPSA) is 71.0 Å². The average Bonchev–Trinajstić information content (AvgIpc) is 3.41. The van der Waals surface area contributed by atoms with Crippen molar-refractivity contribution in [2.24, 2.45) is 11.8 Å². The number of aromatic amines is 1. The van der Waals surface area contributed by atoms with E-state index in [1.165, 1.54) is 0 Å². The van der Waals surface area contributed by atoms with Crippen LogP contribution in [0.4, 0.5) is 0 Å². The molecule has 1 N–H and O–H groups in total. The molecule has 2 heterocycles. The highest BCUT2D eigenvalue weighted by Gasteiger charge is 2.36.